The summed E-state index contributed by atoms with van der Waals surface area (Å²) >= 11 is 0. The number of hydrogen-bond donors (Lipinski definition) is 2. The fraction of sp³-hybridized carbons (Fsp3) is 0.200. The Morgan fingerprint density at radius 3 is 2.37 bits per heavy atom. The van der Waals surface area contributed by atoms with Crippen LogP contribution in [0.2, 0.25) is 0 Å². The minimum atomic E-state index is 0.634. The minimum Gasteiger partial charge on any atom is -0.493 e. The van der Waals surface area contributed by atoms with Crippen LogP contribution < -0.4 is 20.3 Å². The van der Waals surface area contributed by atoms with Crippen LogP contribution in [0.3, 0.4) is 0 Å². The van der Waals surface area contributed by atoms with Crippen molar-refractivity contribution < 1.29 is 9.47 Å². The van der Waals surface area contributed by atoms with Crippen LogP contribution in [0, 0.1) is 0 Å². The van der Waals surface area contributed by atoms with Gasteiger partial charge >= 0.3 is 0 Å². The molecule has 0 saturated heterocycles. The first-order chi connectivity index (χ1) is 9.35. The van der Waals surface area contributed by atoms with E-state index in [9.17, 15) is 0 Å². The number of nitrogens with one attached hydrogen (secondary N) is 2. The standard InChI is InChI=1S/C15H18N2O2/c1-18-14-10-6-7-12(15(14)19-2)11-16-17-13-8-4-3-5-9-13/h3-10,16-17H,11H2,1-2H3. The summed E-state index contributed by atoms with van der Waals surface area (Å²) in [5.74, 6) is 1.49. The molecule has 0 saturated carbocycles. The van der Waals surface area contributed by atoms with Gasteiger partial charge in [0.2, 0.25) is 0 Å². The highest BCUT2D eigenvalue weighted by atomic mass is 16.5. The molecule has 19 heavy (non-hydrogen) atoms. The highest BCUT2D eigenvalue weighted by molar-refractivity contribution is 5.47. The molecule has 0 fully saturated rings. The summed E-state index contributed by atoms with van der Waals surface area (Å²) in [7, 11) is 3.28. The van der Waals surface area contributed by atoms with Gasteiger partial charge in [0.25, 0.3) is 0 Å². The number of para-hydroxylation sites is 2. The van der Waals surface area contributed by atoms with E-state index in [-0.39, 0.29) is 0 Å². The maximum atomic E-state index is 5.38. The summed E-state index contributed by atoms with van der Waals surface area (Å²) in [6.07, 6.45) is 0. The average Bonchev–Trinajstić information content (AvgIpc) is 2.48. The van der Waals surface area contributed by atoms with Crippen molar-refractivity contribution in [3.63, 3.8) is 0 Å². The number of rotatable bonds is 6. The van der Waals surface area contributed by atoms with Gasteiger partial charge in [0, 0.05) is 17.8 Å². The first kappa shape index (κ1) is 13.2. The van der Waals surface area contributed by atoms with Crippen molar-refractivity contribution in [3.05, 3.63) is 54.1 Å². The Bertz CT molecular complexity index is 515. The molecule has 2 N–H and O–H groups in total. The van der Waals surface area contributed by atoms with Crippen molar-refractivity contribution in [2.24, 2.45) is 0 Å². The lowest BCUT2D eigenvalue weighted by Gasteiger charge is -2.14. The Kier molecular flexibility index (Phi) is 4.64. The fourth-order valence-electron chi connectivity index (χ4n) is 1.86. The van der Waals surface area contributed by atoms with Crippen LogP contribution in [0.1, 0.15) is 5.56 Å². The lowest BCUT2D eigenvalue weighted by molar-refractivity contribution is 0.351. The average molecular weight is 258 g/mol. The molecule has 0 heterocycles. The van der Waals surface area contributed by atoms with E-state index in [1.165, 1.54) is 0 Å². The maximum absolute atomic E-state index is 5.38. The van der Waals surface area contributed by atoms with E-state index < -0.39 is 0 Å². The first-order valence-electron chi connectivity index (χ1n) is 6.09. The van der Waals surface area contributed by atoms with Crippen LogP contribution in [0.4, 0.5) is 5.69 Å². The lowest BCUT2D eigenvalue weighted by atomic mass is 10.2. The molecule has 4 heteroatoms. The molecule has 2 aromatic carbocycles. The maximum Gasteiger partial charge on any atom is 0.165 e. The molecule has 0 spiro atoms. The molecule has 4 nitrogen and oxygen atoms in total. The predicted octanol–water partition coefficient (Wildman–Crippen LogP) is 2.82. The Balaban J connectivity index is 2.00. The molecular formula is C15H18N2O2. The highest BCUT2D eigenvalue weighted by Gasteiger charge is 2.08. The summed E-state index contributed by atoms with van der Waals surface area (Å²) in [5, 5.41) is 0. The lowest BCUT2D eigenvalue weighted by Crippen LogP contribution is -2.21. The second kappa shape index (κ2) is 6.66. The number of benzene rings is 2. The molecule has 0 unspecified atom stereocenters. The number of methoxy groups -OCH3 is 2. The summed E-state index contributed by atoms with van der Waals surface area (Å²) in [6, 6.07) is 15.8. The molecule has 0 aliphatic heterocycles. The van der Waals surface area contributed by atoms with Crippen LogP contribution in [0.25, 0.3) is 0 Å². The normalized spacial score (nSPS) is 10.0. The van der Waals surface area contributed by atoms with Gasteiger partial charge in [0.1, 0.15) is 0 Å². The number of anilines is 1. The van der Waals surface area contributed by atoms with E-state index in [1.807, 2.05) is 48.5 Å². The van der Waals surface area contributed by atoms with Gasteiger partial charge in [-0.2, -0.15) is 0 Å². The quantitative estimate of drug-likeness (QED) is 0.782. The molecular weight excluding hydrogens is 240 g/mol. The van der Waals surface area contributed by atoms with E-state index in [4.69, 9.17) is 9.47 Å². The SMILES string of the molecule is COc1cccc(CNNc2ccccc2)c1OC. The van der Waals surface area contributed by atoms with Gasteiger partial charge in [0.05, 0.1) is 14.2 Å². The van der Waals surface area contributed by atoms with Gasteiger partial charge in [-0.3, -0.25) is 0 Å². The van der Waals surface area contributed by atoms with Crippen LogP contribution in [0.5, 0.6) is 11.5 Å². The number of ether oxygens (including phenoxy) is 2. The minimum absolute atomic E-state index is 0.634. The van der Waals surface area contributed by atoms with Crippen molar-refractivity contribution in [2.75, 3.05) is 19.6 Å². The van der Waals surface area contributed by atoms with E-state index in [0.717, 1.165) is 22.7 Å². The molecule has 0 aromatic heterocycles. The second-order valence-corrected chi connectivity index (χ2v) is 4.00. The third-order valence-electron chi connectivity index (χ3n) is 2.77. The van der Waals surface area contributed by atoms with Crippen molar-refractivity contribution in [3.8, 4) is 11.5 Å². The van der Waals surface area contributed by atoms with Gasteiger partial charge < -0.3 is 14.9 Å². The molecule has 0 bridgehead atoms. The zero-order valence-electron chi connectivity index (χ0n) is 11.1. The van der Waals surface area contributed by atoms with Crippen LogP contribution in [-0.4, -0.2) is 14.2 Å². The molecule has 2 rings (SSSR count). The summed E-state index contributed by atoms with van der Waals surface area (Å²) in [4.78, 5) is 0. The van der Waals surface area contributed by atoms with Gasteiger partial charge in [-0.05, 0) is 18.2 Å². The highest BCUT2D eigenvalue weighted by Crippen LogP contribution is 2.30. The van der Waals surface area contributed by atoms with Crippen molar-refractivity contribution in [1.82, 2.24) is 5.43 Å². The monoisotopic (exact) mass is 258 g/mol. The van der Waals surface area contributed by atoms with Gasteiger partial charge in [-0.15, -0.1) is 0 Å². The smallest absolute Gasteiger partial charge is 0.165 e. The van der Waals surface area contributed by atoms with Crippen molar-refractivity contribution in [1.29, 1.82) is 0 Å². The van der Waals surface area contributed by atoms with E-state index in [1.54, 1.807) is 14.2 Å². The van der Waals surface area contributed by atoms with Crippen LogP contribution in [0.15, 0.2) is 48.5 Å². The third kappa shape index (κ3) is 3.39. The first-order valence-corrected chi connectivity index (χ1v) is 6.09. The van der Waals surface area contributed by atoms with Crippen LogP contribution in [-0.2, 0) is 6.54 Å². The third-order valence-corrected chi connectivity index (χ3v) is 2.77. The van der Waals surface area contributed by atoms with Crippen LogP contribution >= 0.6 is 0 Å². The molecule has 0 aliphatic rings. The fourth-order valence-corrected chi connectivity index (χ4v) is 1.86. The molecule has 0 atom stereocenters. The Labute approximate surface area is 113 Å². The van der Waals surface area contributed by atoms with E-state index in [0.29, 0.717) is 6.54 Å². The Morgan fingerprint density at radius 2 is 1.68 bits per heavy atom. The number of hydrogen-bond acceptors (Lipinski definition) is 4. The molecule has 0 amide bonds. The summed E-state index contributed by atoms with van der Waals surface area (Å²) < 4.78 is 10.6. The number of hydrazine groups is 1. The molecule has 0 aliphatic carbocycles. The van der Waals surface area contributed by atoms with Crippen molar-refractivity contribution >= 4 is 5.69 Å². The van der Waals surface area contributed by atoms with E-state index >= 15 is 0 Å². The topological polar surface area (TPSA) is 42.5 Å². The predicted molar refractivity (Wildman–Crippen MR) is 76.5 cm³/mol. The van der Waals surface area contributed by atoms with E-state index in [2.05, 4.69) is 10.9 Å². The summed E-state index contributed by atoms with van der Waals surface area (Å²) in [5.41, 5.74) is 8.34. The molecule has 0 radical (unpaired) electrons. The Morgan fingerprint density at radius 1 is 0.895 bits per heavy atom. The largest absolute Gasteiger partial charge is 0.493 e. The summed E-state index contributed by atoms with van der Waals surface area (Å²) in [6.45, 7) is 0.634. The molecule has 2 aromatic rings. The van der Waals surface area contributed by atoms with Gasteiger partial charge in [0.15, 0.2) is 11.5 Å². The molecule has 100 valence electrons. The second-order valence-electron chi connectivity index (χ2n) is 4.00. The zero-order chi connectivity index (χ0) is 13.5. The Hall–Kier alpha value is -2.20. The van der Waals surface area contributed by atoms with Crippen molar-refractivity contribution in [2.45, 2.75) is 6.54 Å². The van der Waals surface area contributed by atoms with Gasteiger partial charge in [-0.25, -0.2) is 5.43 Å². The zero-order valence-corrected chi connectivity index (χ0v) is 11.1. The van der Waals surface area contributed by atoms with Gasteiger partial charge in [-0.1, -0.05) is 30.3 Å².